The van der Waals surface area contributed by atoms with Crippen molar-refractivity contribution in [3.05, 3.63) is 52.3 Å². The highest BCUT2D eigenvalue weighted by Crippen LogP contribution is 2.26. The summed E-state index contributed by atoms with van der Waals surface area (Å²) >= 11 is 1.06. The minimum atomic E-state index is -1.06. The molecule has 0 amide bonds. The summed E-state index contributed by atoms with van der Waals surface area (Å²) in [6, 6.07) is 5.34. The van der Waals surface area contributed by atoms with E-state index in [2.05, 4.69) is 9.97 Å². The fraction of sp³-hybridized carbons (Fsp3) is 0. The van der Waals surface area contributed by atoms with Crippen LogP contribution in [0.25, 0.3) is 0 Å². The van der Waals surface area contributed by atoms with E-state index in [-0.39, 0.29) is 11.3 Å². The number of aromatic nitrogens is 2. The highest BCUT2D eigenvalue weighted by Gasteiger charge is 2.10. The Morgan fingerprint density at radius 2 is 1.84 bits per heavy atom. The molecule has 2 heterocycles. The van der Waals surface area contributed by atoms with E-state index in [1.165, 1.54) is 36.7 Å². The van der Waals surface area contributed by atoms with E-state index in [0.717, 1.165) is 11.8 Å². The van der Waals surface area contributed by atoms with Crippen LogP contribution in [0.5, 0.6) is 0 Å². The van der Waals surface area contributed by atoms with Gasteiger partial charge in [0, 0.05) is 24.5 Å². The second-order valence-electron chi connectivity index (χ2n) is 3.40. The van der Waals surface area contributed by atoms with Crippen LogP contribution in [0.1, 0.15) is 10.4 Å². The van der Waals surface area contributed by atoms with Crippen molar-refractivity contribution in [2.75, 3.05) is 0 Å². The Hall–Kier alpha value is -2.48. The van der Waals surface area contributed by atoms with Gasteiger partial charge in [0.05, 0.1) is 10.5 Å². The number of rotatable bonds is 4. The van der Waals surface area contributed by atoms with Crippen LogP contribution in [0.3, 0.4) is 0 Å². The van der Waals surface area contributed by atoms with Crippen molar-refractivity contribution >= 4 is 23.4 Å². The van der Waals surface area contributed by atoms with Gasteiger partial charge in [-0.15, -0.1) is 0 Å². The molecule has 2 rings (SSSR count). The smallest absolute Gasteiger partial charge is 0.335 e. The van der Waals surface area contributed by atoms with Gasteiger partial charge in [0.15, 0.2) is 0 Å². The lowest BCUT2D eigenvalue weighted by Gasteiger charge is -2.01. The van der Waals surface area contributed by atoms with Crippen LogP contribution in [-0.4, -0.2) is 26.0 Å². The molecule has 1 N–H and O–H groups in total. The van der Waals surface area contributed by atoms with E-state index in [1.807, 2.05) is 0 Å². The molecule has 2 aromatic heterocycles. The Morgan fingerprint density at radius 3 is 2.47 bits per heavy atom. The third kappa shape index (κ3) is 3.26. The first kappa shape index (κ1) is 13.0. The molecule has 7 nitrogen and oxygen atoms in total. The first-order valence-corrected chi connectivity index (χ1v) is 5.85. The van der Waals surface area contributed by atoms with Gasteiger partial charge in [-0.25, -0.2) is 14.8 Å². The van der Waals surface area contributed by atoms with Gasteiger partial charge >= 0.3 is 5.97 Å². The number of carboxylic acid groups (broad SMARTS) is 1. The van der Waals surface area contributed by atoms with Gasteiger partial charge in [-0.2, -0.15) is 0 Å². The number of hydrogen-bond acceptors (Lipinski definition) is 6. The Morgan fingerprint density at radius 1 is 1.21 bits per heavy atom. The van der Waals surface area contributed by atoms with Crippen LogP contribution in [0, 0.1) is 10.1 Å². The lowest BCUT2D eigenvalue weighted by Crippen LogP contribution is -1.97. The predicted molar refractivity (Wildman–Crippen MR) is 66.2 cm³/mol. The Kier molecular flexibility index (Phi) is 3.71. The molecule has 0 saturated heterocycles. The second-order valence-corrected chi connectivity index (χ2v) is 4.44. The number of nitrogens with zero attached hydrogens (tertiary/aromatic N) is 3. The van der Waals surface area contributed by atoms with Crippen LogP contribution in [0.15, 0.2) is 46.7 Å². The molecule has 0 fully saturated rings. The molecule has 96 valence electrons. The zero-order valence-corrected chi connectivity index (χ0v) is 10.2. The monoisotopic (exact) mass is 277 g/mol. The van der Waals surface area contributed by atoms with Gasteiger partial charge in [-0.3, -0.25) is 10.1 Å². The summed E-state index contributed by atoms with van der Waals surface area (Å²) < 4.78 is 0. The lowest BCUT2D eigenvalue weighted by atomic mass is 10.3. The predicted octanol–water partition coefficient (Wildman–Crippen LogP) is 2.23. The summed E-state index contributed by atoms with van der Waals surface area (Å²) in [5.41, 5.74) is 0.0230. The van der Waals surface area contributed by atoms with Gasteiger partial charge < -0.3 is 5.11 Å². The number of carbonyl (C=O) groups is 1. The maximum Gasteiger partial charge on any atom is 0.335 e. The fourth-order valence-electron chi connectivity index (χ4n) is 1.27. The van der Waals surface area contributed by atoms with Gasteiger partial charge in [-0.1, -0.05) is 0 Å². The van der Waals surface area contributed by atoms with Gasteiger partial charge in [0.25, 0.3) is 5.69 Å². The minimum absolute atomic E-state index is 0.0770. The van der Waals surface area contributed by atoms with Gasteiger partial charge in [-0.05, 0) is 23.9 Å². The SMILES string of the molecule is O=C(O)c1ccnc(Sc2cc([N+](=O)[O-])ccn2)c1. The standard InChI is InChI=1S/C11H7N3O4S/c15-11(16)7-1-3-12-9(5-7)19-10-6-8(14(17)18)2-4-13-10/h1-6H,(H,15,16). The number of nitro groups is 1. The van der Waals surface area contributed by atoms with Crippen molar-refractivity contribution in [2.45, 2.75) is 10.1 Å². The Labute approximate surface area is 111 Å². The van der Waals surface area contributed by atoms with E-state index in [0.29, 0.717) is 10.1 Å². The molecule has 0 aromatic carbocycles. The molecule has 0 radical (unpaired) electrons. The number of hydrogen-bond donors (Lipinski definition) is 1. The topological polar surface area (TPSA) is 106 Å². The average Bonchev–Trinajstić information content (AvgIpc) is 2.39. The first-order valence-electron chi connectivity index (χ1n) is 5.04. The van der Waals surface area contributed by atoms with E-state index >= 15 is 0 Å². The molecular formula is C11H7N3O4S. The van der Waals surface area contributed by atoms with Crippen molar-refractivity contribution < 1.29 is 14.8 Å². The third-order valence-electron chi connectivity index (χ3n) is 2.12. The Balaban J connectivity index is 2.26. The van der Waals surface area contributed by atoms with Crippen molar-refractivity contribution in [1.29, 1.82) is 0 Å². The summed E-state index contributed by atoms with van der Waals surface area (Å²) in [5.74, 6) is -1.06. The molecule has 0 spiro atoms. The Bertz CT molecular complexity index is 592. The highest BCUT2D eigenvalue weighted by atomic mass is 32.2. The van der Waals surface area contributed by atoms with Gasteiger partial charge in [0.2, 0.25) is 0 Å². The number of carboxylic acids is 1. The fourth-order valence-corrected chi connectivity index (χ4v) is 2.08. The van der Waals surface area contributed by atoms with E-state index in [4.69, 9.17) is 5.11 Å². The highest BCUT2D eigenvalue weighted by molar-refractivity contribution is 7.99. The van der Waals surface area contributed by atoms with Crippen LogP contribution < -0.4 is 0 Å². The largest absolute Gasteiger partial charge is 0.478 e. The quantitative estimate of drug-likeness (QED) is 0.674. The van der Waals surface area contributed by atoms with E-state index in [9.17, 15) is 14.9 Å². The first-order chi connectivity index (χ1) is 9.06. The van der Waals surface area contributed by atoms with Gasteiger partial charge in [0.1, 0.15) is 10.1 Å². The summed E-state index contributed by atoms with van der Waals surface area (Å²) in [4.78, 5) is 28.9. The molecular weight excluding hydrogens is 270 g/mol. The third-order valence-corrected chi connectivity index (χ3v) is 2.98. The summed E-state index contributed by atoms with van der Waals surface area (Å²) in [7, 11) is 0. The zero-order valence-electron chi connectivity index (χ0n) is 9.39. The maximum absolute atomic E-state index is 10.8. The average molecular weight is 277 g/mol. The summed E-state index contributed by atoms with van der Waals surface area (Å²) in [6.45, 7) is 0. The molecule has 0 unspecified atom stereocenters. The van der Waals surface area contributed by atoms with Crippen molar-refractivity contribution in [2.24, 2.45) is 0 Å². The summed E-state index contributed by atoms with van der Waals surface area (Å²) in [5, 5.41) is 20.3. The molecule has 0 atom stereocenters. The number of pyridine rings is 2. The molecule has 0 aliphatic heterocycles. The van der Waals surface area contributed by atoms with E-state index in [1.54, 1.807) is 0 Å². The number of aromatic carboxylic acids is 1. The normalized spacial score (nSPS) is 10.1. The molecule has 0 saturated carbocycles. The van der Waals surface area contributed by atoms with Crippen LogP contribution >= 0.6 is 11.8 Å². The van der Waals surface area contributed by atoms with Crippen molar-refractivity contribution in [1.82, 2.24) is 9.97 Å². The molecule has 2 aromatic rings. The maximum atomic E-state index is 10.8. The molecule has 0 aliphatic carbocycles. The van der Waals surface area contributed by atoms with E-state index < -0.39 is 10.9 Å². The summed E-state index contributed by atoms with van der Waals surface area (Å²) in [6.07, 6.45) is 2.69. The molecule has 19 heavy (non-hydrogen) atoms. The second kappa shape index (κ2) is 5.44. The molecule has 0 aliphatic rings. The zero-order chi connectivity index (χ0) is 13.8. The molecule has 0 bridgehead atoms. The van der Waals surface area contributed by atoms with Crippen molar-refractivity contribution in [3.63, 3.8) is 0 Å². The lowest BCUT2D eigenvalue weighted by molar-refractivity contribution is -0.385. The van der Waals surface area contributed by atoms with Crippen molar-refractivity contribution in [3.8, 4) is 0 Å². The molecule has 8 heteroatoms. The van der Waals surface area contributed by atoms with Crippen LogP contribution in [0.2, 0.25) is 0 Å². The minimum Gasteiger partial charge on any atom is -0.478 e. The van der Waals surface area contributed by atoms with Crippen LogP contribution in [0.4, 0.5) is 5.69 Å². The van der Waals surface area contributed by atoms with Crippen LogP contribution in [-0.2, 0) is 0 Å².